The van der Waals surface area contributed by atoms with E-state index in [9.17, 15) is 0 Å². The van der Waals surface area contributed by atoms with E-state index in [0.717, 1.165) is 10.7 Å². The molecule has 0 spiro atoms. The van der Waals surface area contributed by atoms with Crippen molar-refractivity contribution in [3.8, 4) is 0 Å². The number of nitrogens with one attached hydrogen (secondary N) is 1. The van der Waals surface area contributed by atoms with Crippen molar-refractivity contribution < 1.29 is 0 Å². The summed E-state index contributed by atoms with van der Waals surface area (Å²) in [5.41, 5.74) is 6.88. The van der Waals surface area contributed by atoms with E-state index in [1.54, 1.807) is 0 Å². The molecule has 0 fully saturated rings. The van der Waals surface area contributed by atoms with E-state index in [-0.39, 0.29) is 0 Å². The fraction of sp³-hybridized carbons (Fsp3) is 0.571. The maximum atomic E-state index is 5.96. The summed E-state index contributed by atoms with van der Waals surface area (Å²) in [4.78, 5) is 0. The Bertz CT molecular complexity index is 339. The van der Waals surface area contributed by atoms with E-state index in [1.165, 1.54) is 6.42 Å². The normalized spacial score (nSPS) is 14.7. The largest absolute Gasteiger partial charge is 0.381 e. The van der Waals surface area contributed by atoms with Crippen LogP contribution in [0.3, 0.4) is 0 Å². The zero-order valence-corrected chi connectivity index (χ0v) is 11.7. The summed E-state index contributed by atoms with van der Waals surface area (Å²) in [5, 5.41) is 4.22. The average molecular weight is 255 g/mol. The van der Waals surface area contributed by atoms with Gasteiger partial charge in [-0.2, -0.15) is 0 Å². The second-order valence-corrected chi connectivity index (χ2v) is 5.54. The molecular formula is C14H23ClN2. The number of hydrogen-bond donors (Lipinski definition) is 2. The molecule has 2 atom stereocenters. The lowest BCUT2D eigenvalue weighted by atomic mass is 9.92. The molecule has 0 bridgehead atoms. The highest BCUT2D eigenvalue weighted by atomic mass is 35.5. The van der Waals surface area contributed by atoms with Gasteiger partial charge in [-0.25, -0.2) is 0 Å². The van der Waals surface area contributed by atoms with E-state index in [1.807, 2.05) is 24.3 Å². The van der Waals surface area contributed by atoms with E-state index in [2.05, 4.69) is 26.1 Å². The van der Waals surface area contributed by atoms with Crippen molar-refractivity contribution in [3.63, 3.8) is 0 Å². The van der Waals surface area contributed by atoms with Crippen molar-refractivity contribution >= 4 is 17.3 Å². The molecule has 0 aliphatic heterocycles. The summed E-state index contributed by atoms with van der Waals surface area (Å²) in [7, 11) is 0. The Morgan fingerprint density at radius 3 is 2.53 bits per heavy atom. The predicted molar refractivity (Wildman–Crippen MR) is 76.5 cm³/mol. The standard InChI is InChI=1S/C14H23ClN2/c1-10(2)7-11(3)14(9-16)17-13-6-4-5-12(15)8-13/h4-6,8,10-11,14,17H,7,9,16H2,1-3H3. The Labute approximate surface area is 110 Å². The summed E-state index contributed by atoms with van der Waals surface area (Å²) in [5.74, 6) is 1.25. The van der Waals surface area contributed by atoms with Crippen LogP contribution in [0.5, 0.6) is 0 Å². The Morgan fingerprint density at radius 2 is 2.00 bits per heavy atom. The fourth-order valence-electron chi connectivity index (χ4n) is 2.13. The molecule has 1 aromatic rings. The van der Waals surface area contributed by atoms with Crippen LogP contribution in [0.2, 0.25) is 5.02 Å². The van der Waals surface area contributed by atoms with Gasteiger partial charge in [0.1, 0.15) is 0 Å². The summed E-state index contributed by atoms with van der Waals surface area (Å²) < 4.78 is 0. The van der Waals surface area contributed by atoms with Gasteiger partial charge >= 0.3 is 0 Å². The van der Waals surface area contributed by atoms with Gasteiger partial charge in [-0.05, 0) is 36.5 Å². The van der Waals surface area contributed by atoms with E-state index in [4.69, 9.17) is 17.3 Å². The molecule has 0 aliphatic carbocycles. The van der Waals surface area contributed by atoms with E-state index >= 15 is 0 Å². The lowest BCUT2D eigenvalue weighted by molar-refractivity contribution is 0.392. The smallest absolute Gasteiger partial charge is 0.0426 e. The van der Waals surface area contributed by atoms with Crippen LogP contribution >= 0.6 is 11.6 Å². The van der Waals surface area contributed by atoms with Crippen LogP contribution in [0.1, 0.15) is 27.2 Å². The first-order valence-corrected chi connectivity index (χ1v) is 6.63. The van der Waals surface area contributed by atoms with Gasteiger partial charge in [-0.1, -0.05) is 38.4 Å². The number of hydrogen-bond acceptors (Lipinski definition) is 2. The molecule has 1 rings (SSSR count). The quantitative estimate of drug-likeness (QED) is 0.811. The molecule has 0 aromatic heterocycles. The third-order valence-corrected chi connectivity index (χ3v) is 3.20. The van der Waals surface area contributed by atoms with Crippen molar-refractivity contribution in [2.75, 3.05) is 11.9 Å². The van der Waals surface area contributed by atoms with Gasteiger partial charge in [0, 0.05) is 23.3 Å². The van der Waals surface area contributed by atoms with E-state index < -0.39 is 0 Å². The molecule has 0 amide bonds. The highest BCUT2D eigenvalue weighted by Gasteiger charge is 2.16. The van der Waals surface area contributed by atoms with Crippen LogP contribution in [0.4, 0.5) is 5.69 Å². The minimum absolute atomic E-state index is 0.302. The van der Waals surface area contributed by atoms with Crippen molar-refractivity contribution in [1.82, 2.24) is 0 Å². The molecule has 1 aromatic carbocycles. The van der Waals surface area contributed by atoms with Crippen LogP contribution in [0, 0.1) is 11.8 Å². The van der Waals surface area contributed by atoms with Gasteiger partial charge in [-0.15, -0.1) is 0 Å². The molecule has 2 unspecified atom stereocenters. The van der Waals surface area contributed by atoms with Crippen molar-refractivity contribution in [2.45, 2.75) is 33.2 Å². The van der Waals surface area contributed by atoms with Gasteiger partial charge < -0.3 is 11.1 Å². The topological polar surface area (TPSA) is 38.0 Å². The van der Waals surface area contributed by atoms with Crippen LogP contribution in [0.25, 0.3) is 0 Å². The zero-order valence-electron chi connectivity index (χ0n) is 10.9. The Morgan fingerprint density at radius 1 is 1.29 bits per heavy atom. The van der Waals surface area contributed by atoms with Gasteiger partial charge in [-0.3, -0.25) is 0 Å². The summed E-state index contributed by atoms with van der Waals surface area (Å²) in [6.45, 7) is 7.36. The molecule has 3 heteroatoms. The molecular weight excluding hydrogens is 232 g/mol. The van der Waals surface area contributed by atoms with Gasteiger partial charge in [0.15, 0.2) is 0 Å². The van der Waals surface area contributed by atoms with Crippen molar-refractivity contribution in [3.05, 3.63) is 29.3 Å². The Hall–Kier alpha value is -0.730. The number of benzene rings is 1. The SMILES string of the molecule is CC(C)CC(C)C(CN)Nc1cccc(Cl)c1. The number of anilines is 1. The first-order chi connectivity index (χ1) is 8.02. The summed E-state index contributed by atoms with van der Waals surface area (Å²) >= 11 is 5.96. The first kappa shape index (κ1) is 14.3. The minimum atomic E-state index is 0.302. The molecule has 2 nitrogen and oxygen atoms in total. The highest BCUT2D eigenvalue weighted by Crippen LogP contribution is 2.20. The first-order valence-electron chi connectivity index (χ1n) is 6.25. The molecule has 0 heterocycles. The van der Waals surface area contributed by atoms with Gasteiger partial charge in [0.25, 0.3) is 0 Å². The Balaban J connectivity index is 2.63. The van der Waals surface area contributed by atoms with Crippen LogP contribution in [0.15, 0.2) is 24.3 Å². The lowest BCUT2D eigenvalue weighted by Crippen LogP contribution is -2.35. The zero-order chi connectivity index (χ0) is 12.8. The predicted octanol–water partition coefficient (Wildman–Crippen LogP) is 3.76. The van der Waals surface area contributed by atoms with Crippen LogP contribution < -0.4 is 11.1 Å². The summed E-state index contributed by atoms with van der Waals surface area (Å²) in [6, 6.07) is 8.09. The summed E-state index contributed by atoms with van der Waals surface area (Å²) in [6.07, 6.45) is 1.18. The third-order valence-electron chi connectivity index (χ3n) is 2.96. The molecule has 0 saturated carbocycles. The fourth-order valence-corrected chi connectivity index (χ4v) is 2.32. The average Bonchev–Trinajstić information content (AvgIpc) is 2.24. The molecule has 0 radical (unpaired) electrons. The maximum Gasteiger partial charge on any atom is 0.0426 e. The molecule has 17 heavy (non-hydrogen) atoms. The van der Waals surface area contributed by atoms with Crippen LogP contribution in [-0.2, 0) is 0 Å². The lowest BCUT2D eigenvalue weighted by Gasteiger charge is -2.26. The minimum Gasteiger partial charge on any atom is -0.381 e. The third kappa shape index (κ3) is 4.97. The van der Waals surface area contributed by atoms with Crippen molar-refractivity contribution in [2.24, 2.45) is 17.6 Å². The van der Waals surface area contributed by atoms with E-state index in [0.29, 0.717) is 24.4 Å². The van der Waals surface area contributed by atoms with Crippen LogP contribution in [-0.4, -0.2) is 12.6 Å². The molecule has 3 N–H and O–H groups in total. The Kier molecular flexibility index (Phi) is 5.79. The number of nitrogens with two attached hydrogens (primary N) is 1. The van der Waals surface area contributed by atoms with Crippen molar-refractivity contribution in [1.29, 1.82) is 0 Å². The molecule has 0 aliphatic rings. The highest BCUT2D eigenvalue weighted by molar-refractivity contribution is 6.30. The second-order valence-electron chi connectivity index (χ2n) is 5.10. The number of halogens is 1. The maximum absolute atomic E-state index is 5.96. The van der Waals surface area contributed by atoms with Gasteiger partial charge in [0.2, 0.25) is 0 Å². The molecule has 96 valence electrons. The monoisotopic (exact) mass is 254 g/mol. The second kappa shape index (κ2) is 6.87. The molecule has 0 saturated heterocycles. The number of rotatable bonds is 6. The van der Waals surface area contributed by atoms with Gasteiger partial charge in [0.05, 0.1) is 0 Å².